The third-order valence-electron chi connectivity index (χ3n) is 3.63. The van der Waals surface area contributed by atoms with Crippen molar-refractivity contribution in [2.24, 2.45) is 0 Å². The van der Waals surface area contributed by atoms with E-state index in [0.29, 0.717) is 31.6 Å². The molecule has 122 valence electrons. The zero-order chi connectivity index (χ0) is 16.9. The summed E-state index contributed by atoms with van der Waals surface area (Å²) < 4.78 is 25.1. The van der Waals surface area contributed by atoms with E-state index in [2.05, 4.69) is 0 Å². The highest BCUT2D eigenvalue weighted by atomic mass is 32.2. The van der Waals surface area contributed by atoms with Crippen molar-refractivity contribution >= 4 is 27.7 Å². The van der Waals surface area contributed by atoms with Crippen LogP contribution in [0.15, 0.2) is 30.3 Å². The van der Waals surface area contributed by atoms with Gasteiger partial charge in [-0.15, -0.1) is 0 Å². The highest BCUT2D eigenvalue weighted by Gasteiger charge is 2.28. The number of benzene rings is 1. The van der Waals surface area contributed by atoms with Crippen LogP contribution < -0.4 is 4.31 Å². The molecule has 23 heavy (non-hydrogen) atoms. The number of rotatable bonds is 5. The van der Waals surface area contributed by atoms with Gasteiger partial charge in [0.15, 0.2) is 0 Å². The summed E-state index contributed by atoms with van der Waals surface area (Å²) in [6.07, 6.45) is 4.06. The lowest BCUT2D eigenvalue weighted by atomic mass is 10.2. The third kappa shape index (κ3) is 4.33. The molecule has 0 bridgehead atoms. The van der Waals surface area contributed by atoms with Crippen LogP contribution in [0.4, 0.5) is 5.69 Å². The molecule has 6 nitrogen and oxygen atoms in total. The zero-order valence-corrected chi connectivity index (χ0v) is 13.8. The summed E-state index contributed by atoms with van der Waals surface area (Å²) in [6.45, 7) is 0.908. The molecule has 0 unspecified atom stereocenters. The number of sulfonamides is 1. The Balaban J connectivity index is 2.02. The third-order valence-corrected chi connectivity index (χ3v) is 5.50. The Morgan fingerprint density at radius 3 is 2.65 bits per heavy atom. The summed E-state index contributed by atoms with van der Waals surface area (Å²) in [5, 5.41) is 8.50. The average Bonchev–Trinajstić information content (AvgIpc) is 2.90. The van der Waals surface area contributed by atoms with Crippen LogP contribution in [0.5, 0.6) is 0 Å². The minimum atomic E-state index is -3.17. The van der Waals surface area contributed by atoms with Gasteiger partial charge >= 0.3 is 0 Å². The van der Waals surface area contributed by atoms with Crippen molar-refractivity contribution in [2.75, 3.05) is 30.2 Å². The van der Waals surface area contributed by atoms with E-state index in [9.17, 15) is 13.2 Å². The molecule has 0 aliphatic carbocycles. The lowest BCUT2D eigenvalue weighted by Crippen LogP contribution is -2.25. The fourth-order valence-corrected chi connectivity index (χ4v) is 3.87. The molecular weight excluding hydrogens is 314 g/mol. The normalized spacial score (nSPS) is 16.4. The molecule has 1 saturated heterocycles. The van der Waals surface area contributed by atoms with Crippen molar-refractivity contribution in [3.05, 3.63) is 35.9 Å². The first-order valence-corrected chi connectivity index (χ1v) is 8.95. The van der Waals surface area contributed by atoms with Gasteiger partial charge in [0, 0.05) is 26.2 Å². The van der Waals surface area contributed by atoms with Crippen LogP contribution in [-0.2, 0) is 14.8 Å². The molecule has 1 aliphatic rings. The van der Waals surface area contributed by atoms with E-state index in [0.717, 1.165) is 5.56 Å². The maximum Gasteiger partial charge on any atom is 0.246 e. The Hall–Kier alpha value is -2.33. The molecule has 0 spiro atoms. The zero-order valence-electron chi connectivity index (χ0n) is 13.0. The molecule has 7 heteroatoms. The van der Waals surface area contributed by atoms with Gasteiger partial charge in [0.1, 0.15) is 0 Å². The summed E-state index contributed by atoms with van der Waals surface area (Å²) in [5.74, 6) is 0.0181. The maximum absolute atomic E-state index is 11.9. The van der Waals surface area contributed by atoms with Crippen LogP contribution in [0.2, 0.25) is 0 Å². The number of nitrogens with zero attached hydrogens (tertiary/aromatic N) is 3. The van der Waals surface area contributed by atoms with E-state index in [1.54, 1.807) is 37.4 Å². The predicted octanol–water partition coefficient (Wildman–Crippen LogP) is 1.61. The number of anilines is 1. The largest absolute Gasteiger partial charge is 0.341 e. The van der Waals surface area contributed by atoms with Crippen molar-refractivity contribution in [3.63, 3.8) is 0 Å². The first-order chi connectivity index (χ1) is 10.9. The smallest absolute Gasteiger partial charge is 0.246 e. The Labute approximate surface area is 136 Å². The molecule has 0 aromatic heterocycles. The van der Waals surface area contributed by atoms with Gasteiger partial charge in [-0.25, -0.2) is 8.42 Å². The number of carbonyl (C=O) groups is 1. The predicted molar refractivity (Wildman–Crippen MR) is 89.1 cm³/mol. The molecular formula is C16H19N3O3S. The second-order valence-electron chi connectivity index (χ2n) is 5.33. The Bertz CT molecular complexity index is 733. The van der Waals surface area contributed by atoms with E-state index in [-0.39, 0.29) is 11.7 Å². The molecule has 0 atom stereocenters. The monoisotopic (exact) mass is 333 g/mol. The van der Waals surface area contributed by atoms with Gasteiger partial charge in [-0.05, 0) is 30.2 Å². The molecule has 0 N–H and O–H groups in total. The van der Waals surface area contributed by atoms with E-state index in [1.807, 2.05) is 6.07 Å². The highest BCUT2D eigenvalue weighted by Crippen LogP contribution is 2.24. The van der Waals surface area contributed by atoms with E-state index >= 15 is 0 Å². The van der Waals surface area contributed by atoms with Crippen LogP contribution in [0.1, 0.15) is 18.4 Å². The Kier molecular flexibility index (Phi) is 5.40. The van der Waals surface area contributed by atoms with Gasteiger partial charge in [-0.1, -0.05) is 12.1 Å². The van der Waals surface area contributed by atoms with Crippen LogP contribution in [0.3, 0.4) is 0 Å². The minimum absolute atomic E-state index is 0.175. The Morgan fingerprint density at radius 2 is 2.09 bits per heavy atom. The summed E-state index contributed by atoms with van der Waals surface area (Å²) in [5.41, 5.74) is 1.46. The fraction of sp³-hybridized carbons (Fsp3) is 0.375. The SMILES string of the molecule is CN(CCC#N)C(=O)/C=C/c1ccc(N2CCCS2(=O)=O)cc1. The number of hydrogen-bond acceptors (Lipinski definition) is 4. The van der Waals surface area contributed by atoms with E-state index < -0.39 is 10.0 Å². The second-order valence-corrected chi connectivity index (χ2v) is 7.35. The van der Waals surface area contributed by atoms with Crippen LogP contribution in [-0.4, -0.2) is 45.1 Å². The second kappa shape index (κ2) is 7.29. The average molecular weight is 333 g/mol. The molecule has 1 aromatic rings. The fourth-order valence-electron chi connectivity index (χ4n) is 2.30. The number of nitriles is 1. The highest BCUT2D eigenvalue weighted by molar-refractivity contribution is 7.93. The molecule has 1 aliphatic heterocycles. The lowest BCUT2D eigenvalue weighted by molar-refractivity contribution is -0.124. The first-order valence-electron chi connectivity index (χ1n) is 7.34. The molecule has 1 aromatic carbocycles. The Morgan fingerprint density at radius 1 is 1.39 bits per heavy atom. The van der Waals surface area contributed by atoms with Crippen LogP contribution in [0, 0.1) is 11.3 Å². The summed E-state index contributed by atoms with van der Waals surface area (Å²) in [4.78, 5) is 13.3. The maximum atomic E-state index is 11.9. The van der Waals surface area contributed by atoms with Crippen molar-refractivity contribution < 1.29 is 13.2 Å². The number of likely N-dealkylation sites (N-methyl/N-ethyl adjacent to an activating group) is 1. The molecule has 0 radical (unpaired) electrons. The minimum Gasteiger partial charge on any atom is -0.341 e. The summed E-state index contributed by atoms with van der Waals surface area (Å²) >= 11 is 0. The van der Waals surface area contributed by atoms with Crippen molar-refractivity contribution in [1.82, 2.24) is 4.90 Å². The standard InChI is InChI=1S/C16H19N3O3S/c1-18(11-2-10-17)16(20)9-6-14-4-7-15(8-5-14)19-12-3-13-23(19,21)22/h4-9H,2-3,11-13H2,1H3/b9-6+. The van der Waals surface area contributed by atoms with Gasteiger partial charge in [0.25, 0.3) is 0 Å². The number of hydrogen-bond donors (Lipinski definition) is 0. The van der Waals surface area contributed by atoms with E-state index in [1.165, 1.54) is 15.3 Å². The molecule has 1 amide bonds. The number of carbonyl (C=O) groups excluding carboxylic acids is 1. The van der Waals surface area contributed by atoms with Gasteiger partial charge in [0.2, 0.25) is 15.9 Å². The lowest BCUT2D eigenvalue weighted by Gasteiger charge is -2.16. The van der Waals surface area contributed by atoms with Crippen LogP contribution >= 0.6 is 0 Å². The topological polar surface area (TPSA) is 81.5 Å². The molecule has 2 rings (SSSR count). The van der Waals surface area contributed by atoms with Crippen LogP contribution in [0.25, 0.3) is 6.08 Å². The quantitative estimate of drug-likeness (QED) is 0.767. The first kappa shape index (κ1) is 17.0. The van der Waals surface area contributed by atoms with Gasteiger partial charge < -0.3 is 4.90 Å². The van der Waals surface area contributed by atoms with Crippen molar-refractivity contribution in [1.29, 1.82) is 5.26 Å². The van der Waals surface area contributed by atoms with E-state index in [4.69, 9.17) is 5.26 Å². The van der Waals surface area contributed by atoms with Crippen molar-refractivity contribution in [3.8, 4) is 6.07 Å². The van der Waals surface area contributed by atoms with Crippen molar-refractivity contribution in [2.45, 2.75) is 12.8 Å². The van der Waals surface area contributed by atoms with Gasteiger partial charge in [0.05, 0.1) is 23.9 Å². The molecule has 1 heterocycles. The van der Waals surface area contributed by atoms with Gasteiger partial charge in [-0.2, -0.15) is 5.26 Å². The number of amides is 1. The molecule has 0 saturated carbocycles. The summed E-state index contributed by atoms with van der Waals surface area (Å²) in [7, 11) is -1.53. The molecule has 1 fully saturated rings. The van der Waals surface area contributed by atoms with Gasteiger partial charge in [-0.3, -0.25) is 9.10 Å². The summed E-state index contributed by atoms with van der Waals surface area (Å²) in [6, 6.07) is 9.04.